The highest BCUT2D eigenvalue weighted by Crippen LogP contribution is 2.38. The van der Waals surface area contributed by atoms with E-state index in [-0.39, 0.29) is 6.61 Å². The van der Waals surface area contributed by atoms with E-state index in [1.165, 1.54) is 12.6 Å². The van der Waals surface area contributed by atoms with Gasteiger partial charge in [0.2, 0.25) is 0 Å². The van der Waals surface area contributed by atoms with Crippen molar-refractivity contribution in [1.82, 2.24) is 9.88 Å². The Morgan fingerprint density at radius 3 is 2.41 bits per heavy atom. The van der Waals surface area contributed by atoms with Crippen LogP contribution in [0.25, 0.3) is 10.9 Å². The Morgan fingerprint density at radius 2 is 1.74 bits per heavy atom. The van der Waals surface area contributed by atoms with E-state index in [2.05, 4.69) is 21.3 Å². The largest absolute Gasteiger partial charge is 0.493 e. The molecule has 0 aliphatic carbocycles. The van der Waals surface area contributed by atoms with Crippen LogP contribution < -0.4 is 24.3 Å². The molecule has 1 fully saturated rings. The smallest absolute Gasteiger partial charge is 0.169 e. The number of hydrogen-bond acceptors (Lipinski definition) is 9. The van der Waals surface area contributed by atoms with Crippen molar-refractivity contribution in [2.24, 2.45) is 0 Å². The molecule has 1 aromatic heterocycles. The summed E-state index contributed by atoms with van der Waals surface area (Å²) in [7, 11) is 3.16. The van der Waals surface area contributed by atoms with E-state index in [9.17, 15) is 10.4 Å². The van der Waals surface area contributed by atoms with Gasteiger partial charge in [0.25, 0.3) is 0 Å². The number of fused-ring (bicyclic) bond motifs is 1. The fraction of sp³-hybridized carbons (Fsp3) is 0.267. The fourth-order valence-corrected chi connectivity index (χ4v) is 4.37. The topological polar surface area (TPSA) is 109 Å². The normalized spacial score (nSPS) is 13.7. The number of nitrogens with one attached hydrogen (secondary N) is 1. The standard InChI is InChI=1S/C30H30N4O5/c1-36-26-6-3-4-7-27(26)39-23-10-8-21(9-11-23)33-30-20(16-31)17-32-25-15-29(28(37-2)14-24(25)30)38-19-22(35)18-34-12-5-13-34/h3-4,6-11,14-15,17,22,35H,5,12-13,18-19H2,1-2H3,(H,32,33). The van der Waals surface area contributed by atoms with Crippen molar-refractivity contribution >= 4 is 22.3 Å². The van der Waals surface area contributed by atoms with Crippen LogP contribution in [0.4, 0.5) is 11.4 Å². The summed E-state index contributed by atoms with van der Waals surface area (Å²) in [4.78, 5) is 6.65. The number of aliphatic hydroxyl groups is 1. The Hall–Kier alpha value is -4.52. The number of likely N-dealkylation sites (tertiary alicyclic amines) is 1. The van der Waals surface area contributed by atoms with Crippen molar-refractivity contribution in [2.75, 3.05) is 45.8 Å². The highest BCUT2D eigenvalue weighted by molar-refractivity contribution is 5.97. The van der Waals surface area contributed by atoms with E-state index in [0.717, 1.165) is 18.8 Å². The van der Waals surface area contributed by atoms with Crippen LogP contribution in [0.5, 0.6) is 28.7 Å². The minimum absolute atomic E-state index is 0.142. The van der Waals surface area contributed by atoms with Crippen LogP contribution in [-0.2, 0) is 0 Å². The van der Waals surface area contributed by atoms with Crippen LogP contribution in [0.2, 0.25) is 0 Å². The summed E-state index contributed by atoms with van der Waals surface area (Å²) >= 11 is 0. The predicted molar refractivity (Wildman–Crippen MR) is 148 cm³/mol. The summed E-state index contributed by atoms with van der Waals surface area (Å²) in [6.07, 6.45) is 2.09. The van der Waals surface area contributed by atoms with E-state index < -0.39 is 6.10 Å². The van der Waals surface area contributed by atoms with Crippen LogP contribution in [-0.4, -0.2) is 61.6 Å². The predicted octanol–water partition coefficient (Wildman–Crippen LogP) is 5.10. The van der Waals surface area contributed by atoms with Crippen LogP contribution in [0.15, 0.2) is 66.9 Å². The molecule has 0 bridgehead atoms. The van der Waals surface area contributed by atoms with Crippen LogP contribution in [0.1, 0.15) is 12.0 Å². The number of pyridine rings is 1. The second-order valence-corrected chi connectivity index (χ2v) is 9.20. The van der Waals surface area contributed by atoms with Gasteiger partial charge in [0.15, 0.2) is 23.0 Å². The van der Waals surface area contributed by atoms with E-state index in [1.807, 2.05) is 48.5 Å². The first-order chi connectivity index (χ1) is 19.1. The van der Waals surface area contributed by atoms with Crippen LogP contribution >= 0.6 is 0 Å². The summed E-state index contributed by atoms with van der Waals surface area (Å²) in [6.45, 7) is 2.74. The minimum Gasteiger partial charge on any atom is -0.493 e. The van der Waals surface area contributed by atoms with E-state index in [0.29, 0.717) is 57.4 Å². The zero-order valence-electron chi connectivity index (χ0n) is 21.9. The molecule has 1 aliphatic heterocycles. The highest BCUT2D eigenvalue weighted by atomic mass is 16.5. The third-order valence-corrected chi connectivity index (χ3v) is 6.54. The molecule has 0 spiro atoms. The van der Waals surface area contributed by atoms with Gasteiger partial charge in [-0.1, -0.05) is 12.1 Å². The quantitative estimate of drug-likeness (QED) is 0.276. The second-order valence-electron chi connectivity index (χ2n) is 9.20. The number of nitrogens with zero attached hydrogens (tertiary/aromatic N) is 3. The molecule has 0 saturated carbocycles. The zero-order valence-corrected chi connectivity index (χ0v) is 21.9. The average Bonchev–Trinajstić information content (AvgIpc) is 2.94. The highest BCUT2D eigenvalue weighted by Gasteiger charge is 2.19. The molecule has 1 unspecified atom stereocenters. The number of hydrogen-bond donors (Lipinski definition) is 2. The van der Waals surface area contributed by atoms with Crippen molar-refractivity contribution in [3.63, 3.8) is 0 Å². The number of β-amino-alcohol motifs (C(OH)–C–C–N with tert-alkyl or cyclic N) is 1. The van der Waals surface area contributed by atoms with Crippen molar-refractivity contribution in [3.05, 3.63) is 72.4 Å². The van der Waals surface area contributed by atoms with Crippen LogP contribution in [0.3, 0.4) is 0 Å². The number of aromatic nitrogens is 1. The van der Waals surface area contributed by atoms with E-state index in [1.54, 1.807) is 26.4 Å². The Labute approximate surface area is 227 Å². The average molecular weight is 527 g/mol. The molecule has 39 heavy (non-hydrogen) atoms. The van der Waals surface area contributed by atoms with E-state index in [4.69, 9.17) is 18.9 Å². The molecule has 2 heterocycles. The number of anilines is 2. The lowest BCUT2D eigenvalue weighted by atomic mass is 10.1. The first kappa shape index (κ1) is 26.1. The number of nitriles is 1. The van der Waals surface area contributed by atoms with Crippen LogP contribution in [0, 0.1) is 11.3 Å². The number of para-hydroxylation sites is 2. The minimum atomic E-state index is -0.605. The Morgan fingerprint density at radius 1 is 1.00 bits per heavy atom. The molecule has 200 valence electrons. The number of aliphatic hydroxyl groups excluding tert-OH is 1. The van der Waals surface area contributed by atoms with Gasteiger partial charge in [-0.05, 0) is 62.0 Å². The lowest BCUT2D eigenvalue weighted by molar-refractivity contribution is 0.0460. The first-order valence-electron chi connectivity index (χ1n) is 12.7. The third kappa shape index (κ3) is 5.98. The molecule has 9 heteroatoms. The number of benzene rings is 3. The van der Waals surface area contributed by atoms with Gasteiger partial charge in [-0.2, -0.15) is 5.26 Å². The molecule has 1 aliphatic rings. The van der Waals surface area contributed by atoms with Crippen molar-refractivity contribution < 1.29 is 24.1 Å². The monoisotopic (exact) mass is 526 g/mol. The Bertz CT molecular complexity index is 1480. The van der Waals surface area contributed by atoms with Crippen molar-refractivity contribution in [1.29, 1.82) is 5.26 Å². The van der Waals surface area contributed by atoms with Gasteiger partial charge >= 0.3 is 0 Å². The SMILES string of the molecule is COc1cc2c(Nc3ccc(Oc4ccccc4OC)cc3)c(C#N)cnc2cc1OCC(O)CN1CCC1. The molecule has 1 saturated heterocycles. The molecule has 1 atom stereocenters. The summed E-state index contributed by atoms with van der Waals surface area (Å²) in [5.74, 6) is 2.87. The van der Waals surface area contributed by atoms with Gasteiger partial charge in [-0.3, -0.25) is 4.98 Å². The van der Waals surface area contributed by atoms with E-state index >= 15 is 0 Å². The first-order valence-corrected chi connectivity index (χ1v) is 12.7. The maximum absolute atomic E-state index is 10.3. The summed E-state index contributed by atoms with van der Waals surface area (Å²) < 4.78 is 22.8. The van der Waals surface area contributed by atoms with Gasteiger partial charge in [0.1, 0.15) is 24.5 Å². The summed E-state index contributed by atoms with van der Waals surface area (Å²) in [5.41, 5.74) is 2.38. The van der Waals surface area contributed by atoms with Gasteiger partial charge in [0.05, 0.1) is 31.0 Å². The zero-order chi connectivity index (χ0) is 27.2. The maximum Gasteiger partial charge on any atom is 0.169 e. The number of rotatable bonds is 11. The van der Waals surface area contributed by atoms with Crippen molar-refractivity contribution in [2.45, 2.75) is 12.5 Å². The molecule has 5 rings (SSSR count). The Kier molecular flexibility index (Phi) is 7.96. The third-order valence-electron chi connectivity index (χ3n) is 6.54. The lowest BCUT2D eigenvalue weighted by Crippen LogP contribution is -2.43. The molecule has 4 aromatic rings. The molecular weight excluding hydrogens is 496 g/mol. The van der Waals surface area contributed by atoms with Gasteiger partial charge in [-0.15, -0.1) is 0 Å². The molecule has 9 nitrogen and oxygen atoms in total. The molecule has 0 radical (unpaired) electrons. The van der Waals surface area contributed by atoms with Crippen molar-refractivity contribution in [3.8, 4) is 34.8 Å². The number of ether oxygens (including phenoxy) is 4. The Balaban J connectivity index is 1.37. The lowest BCUT2D eigenvalue weighted by Gasteiger charge is -2.32. The molecule has 3 aromatic carbocycles. The second kappa shape index (κ2) is 11.9. The molecule has 0 amide bonds. The van der Waals surface area contributed by atoms with Gasteiger partial charge in [0, 0.05) is 29.9 Å². The maximum atomic E-state index is 10.3. The summed E-state index contributed by atoms with van der Waals surface area (Å²) in [5, 5.41) is 24.2. The van der Waals surface area contributed by atoms with Gasteiger partial charge < -0.3 is 34.3 Å². The molecular formula is C30H30N4O5. The van der Waals surface area contributed by atoms with Gasteiger partial charge in [-0.25, -0.2) is 0 Å². The summed E-state index contributed by atoms with van der Waals surface area (Å²) in [6, 6.07) is 20.6. The molecule has 2 N–H and O–H groups in total. The fourth-order valence-electron chi connectivity index (χ4n) is 4.37. The number of methoxy groups -OCH3 is 2.